The lowest BCUT2D eigenvalue weighted by atomic mass is 10.1. The Kier molecular flexibility index (Phi) is 5.92. The first-order valence-electron chi connectivity index (χ1n) is 9.58. The molecule has 1 aromatic carbocycles. The molecule has 4 rings (SSSR count). The minimum Gasteiger partial charge on any atom is -0.342 e. The van der Waals surface area contributed by atoms with Gasteiger partial charge in [0.15, 0.2) is 0 Å². The van der Waals surface area contributed by atoms with Crippen LogP contribution < -0.4 is 10.6 Å². The van der Waals surface area contributed by atoms with Crippen LogP contribution in [0.15, 0.2) is 60.0 Å². The van der Waals surface area contributed by atoms with E-state index in [0.717, 1.165) is 31.7 Å². The third-order valence-electron chi connectivity index (χ3n) is 4.54. The van der Waals surface area contributed by atoms with Gasteiger partial charge in [-0.05, 0) is 56.5 Å². The second-order valence-electron chi connectivity index (χ2n) is 7.03. The number of amides is 1. The van der Waals surface area contributed by atoms with E-state index in [2.05, 4.69) is 32.7 Å². The molecule has 0 unspecified atom stereocenters. The fraction of sp³-hybridized carbons (Fsp3) is 0.174. The Bertz CT molecular complexity index is 1130. The number of carbonyl (C=O) groups is 1. The van der Waals surface area contributed by atoms with Gasteiger partial charge in [-0.25, -0.2) is 9.97 Å². The summed E-state index contributed by atoms with van der Waals surface area (Å²) in [7, 11) is 0. The normalized spacial score (nSPS) is 11.8. The van der Waals surface area contributed by atoms with Gasteiger partial charge in [-0.2, -0.15) is 0 Å². The van der Waals surface area contributed by atoms with Crippen molar-refractivity contribution in [3.63, 3.8) is 0 Å². The molecule has 0 spiro atoms. The van der Waals surface area contributed by atoms with Crippen LogP contribution in [0.25, 0.3) is 0 Å². The Labute approximate surface area is 183 Å². The van der Waals surface area contributed by atoms with E-state index in [1.54, 1.807) is 22.7 Å². The van der Waals surface area contributed by atoms with Crippen molar-refractivity contribution in [3.05, 3.63) is 92.2 Å². The number of nitrogens with zero attached hydrogens (tertiary/aromatic N) is 2. The van der Waals surface area contributed by atoms with Crippen LogP contribution in [0.1, 0.15) is 43.1 Å². The zero-order valence-corrected chi connectivity index (χ0v) is 18.6. The van der Waals surface area contributed by atoms with Crippen molar-refractivity contribution >= 4 is 39.5 Å². The van der Waals surface area contributed by atoms with Crippen molar-refractivity contribution in [1.82, 2.24) is 9.97 Å². The first-order valence-corrected chi connectivity index (χ1v) is 11.3. The highest BCUT2D eigenvalue weighted by Crippen LogP contribution is 2.38. The molecule has 0 aliphatic rings. The topological polar surface area (TPSA) is 66.9 Å². The number of nitrogens with one attached hydrogen (secondary N) is 2. The first kappa shape index (κ1) is 20.3. The lowest BCUT2D eigenvalue weighted by Crippen LogP contribution is -2.17. The molecule has 152 valence electrons. The van der Waals surface area contributed by atoms with Gasteiger partial charge in [-0.1, -0.05) is 24.3 Å². The van der Waals surface area contributed by atoms with E-state index in [-0.39, 0.29) is 11.9 Å². The summed E-state index contributed by atoms with van der Waals surface area (Å²) in [4.78, 5) is 24.1. The number of carbonyl (C=O) groups excluding carboxylic acids is 1. The number of thiophene rings is 2. The van der Waals surface area contributed by atoms with Gasteiger partial charge in [0, 0.05) is 32.3 Å². The average Bonchev–Trinajstić information content (AvgIpc) is 3.36. The van der Waals surface area contributed by atoms with Gasteiger partial charge in [0.1, 0.15) is 5.00 Å². The van der Waals surface area contributed by atoms with Crippen LogP contribution in [0.4, 0.5) is 10.9 Å². The fourth-order valence-corrected chi connectivity index (χ4v) is 5.03. The van der Waals surface area contributed by atoms with Crippen LogP contribution in [0, 0.1) is 20.8 Å². The standard InChI is InChI=1S/C23H22N4OS2/c1-14-12-15(2)25-23(24-14)26-20(19-10-7-11-29-19)18-13-16(3)30-22(18)27-21(28)17-8-5-4-6-9-17/h4-13,20H,1-3H3,(H,27,28)(H,24,25,26)/t20-/m0/s1. The molecule has 1 amide bonds. The molecule has 0 fully saturated rings. The van der Waals surface area contributed by atoms with E-state index in [4.69, 9.17) is 0 Å². The molecule has 30 heavy (non-hydrogen) atoms. The third kappa shape index (κ3) is 4.58. The molecule has 2 N–H and O–H groups in total. The van der Waals surface area contributed by atoms with Gasteiger partial charge in [-0.15, -0.1) is 22.7 Å². The van der Waals surface area contributed by atoms with Crippen molar-refractivity contribution in [1.29, 1.82) is 0 Å². The van der Waals surface area contributed by atoms with E-state index in [9.17, 15) is 4.79 Å². The highest BCUT2D eigenvalue weighted by Gasteiger charge is 2.23. The molecule has 4 aromatic rings. The fourth-order valence-electron chi connectivity index (χ4n) is 3.29. The van der Waals surface area contributed by atoms with Crippen molar-refractivity contribution in [2.75, 3.05) is 10.6 Å². The summed E-state index contributed by atoms with van der Waals surface area (Å²) in [6.07, 6.45) is 0. The molecule has 7 heteroatoms. The van der Waals surface area contributed by atoms with E-state index in [0.29, 0.717) is 11.5 Å². The largest absolute Gasteiger partial charge is 0.342 e. The van der Waals surface area contributed by atoms with E-state index >= 15 is 0 Å². The summed E-state index contributed by atoms with van der Waals surface area (Å²) in [5.41, 5.74) is 3.46. The second-order valence-corrected chi connectivity index (χ2v) is 9.26. The Balaban J connectivity index is 1.70. The minimum atomic E-state index is -0.165. The van der Waals surface area contributed by atoms with Crippen molar-refractivity contribution in [2.24, 2.45) is 0 Å². The van der Waals surface area contributed by atoms with Crippen LogP contribution in [-0.2, 0) is 0 Å². The van der Waals surface area contributed by atoms with Gasteiger partial charge in [-0.3, -0.25) is 4.79 Å². The number of aryl methyl sites for hydroxylation is 3. The van der Waals surface area contributed by atoms with Gasteiger partial charge < -0.3 is 10.6 Å². The maximum absolute atomic E-state index is 12.8. The van der Waals surface area contributed by atoms with Crippen LogP contribution in [0.2, 0.25) is 0 Å². The molecule has 1 atom stereocenters. The molecule has 5 nitrogen and oxygen atoms in total. The third-order valence-corrected chi connectivity index (χ3v) is 6.46. The van der Waals surface area contributed by atoms with Crippen LogP contribution in [0.5, 0.6) is 0 Å². The summed E-state index contributed by atoms with van der Waals surface area (Å²) in [6.45, 7) is 5.96. The van der Waals surface area contributed by atoms with E-state index in [1.165, 1.54) is 0 Å². The monoisotopic (exact) mass is 434 g/mol. The number of hydrogen-bond acceptors (Lipinski definition) is 6. The van der Waals surface area contributed by atoms with Crippen molar-refractivity contribution in [2.45, 2.75) is 26.8 Å². The number of hydrogen-bond donors (Lipinski definition) is 2. The van der Waals surface area contributed by atoms with E-state index < -0.39 is 0 Å². The van der Waals surface area contributed by atoms with E-state index in [1.807, 2.05) is 68.6 Å². The summed E-state index contributed by atoms with van der Waals surface area (Å²) in [5.74, 6) is 0.460. The predicted molar refractivity (Wildman–Crippen MR) is 125 cm³/mol. The second kappa shape index (κ2) is 8.77. The van der Waals surface area contributed by atoms with Crippen LogP contribution in [0.3, 0.4) is 0 Å². The lowest BCUT2D eigenvalue weighted by Gasteiger charge is -2.19. The summed E-state index contributed by atoms with van der Waals surface area (Å²) >= 11 is 3.23. The van der Waals surface area contributed by atoms with Crippen molar-refractivity contribution < 1.29 is 4.79 Å². The zero-order valence-electron chi connectivity index (χ0n) is 17.0. The first-order chi connectivity index (χ1) is 14.5. The Morgan fingerprint density at radius 2 is 1.70 bits per heavy atom. The van der Waals surface area contributed by atoms with Crippen LogP contribution in [-0.4, -0.2) is 15.9 Å². The molecule has 0 aliphatic heterocycles. The van der Waals surface area contributed by atoms with Gasteiger partial charge >= 0.3 is 0 Å². The molecule has 3 aromatic heterocycles. The van der Waals surface area contributed by atoms with Gasteiger partial charge in [0.05, 0.1) is 6.04 Å². The summed E-state index contributed by atoms with van der Waals surface area (Å²) in [5, 5.41) is 9.47. The highest BCUT2D eigenvalue weighted by molar-refractivity contribution is 7.16. The van der Waals surface area contributed by atoms with Gasteiger partial charge in [0.2, 0.25) is 5.95 Å². The Hall–Kier alpha value is -3.03. The lowest BCUT2D eigenvalue weighted by molar-refractivity contribution is 0.102. The van der Waals surface area contributed by atoms with Gasteiger partial charge in [0.25, 0.3) is 5.91 Å². The minimum absolute atomic E-state index is 0.119. The molecule has 0 radical (unpaired) electrons. The average molecular weight is 435 g/mol. The highest BCUT2D eigenvalue weighted by atomic mass is 32.1. The smallest absolute Gasteiger partial charge is 0.256 e. The number of rotatable bonds is 6. The molecule has 3 heterocycles. The molecular formula is C23H22N4OS2. The zero-order chi connectivity index (χ0) is 21.1. The SMILES string of the molecule is Cc1cc(C)nc(N[C@H](c2cccs2)c2cc(C)sc2NC(=O)c2ccccc2)n1. The predicted octanol–water partition coefficient (Wildman–Crippen LogP) is 5.98. The quantitative estimate of drug-likeness (QED) is 0.392. The number of benzene rings is 1. The molecular weight excluding hydrogens is 412 g/mol. The number of aromatic nitrogens is 2. The Morgan fingerprint density at radius 1 is 0.967 bits per heavy atom. The summed E-state index contributed by atoms with van der Waals surface area (Å²) in [6, 6.07) is 17.3. The Morgan fingerprint density at radius 3 is 2.37 bits per heavy atom. The van der Waals surface area contributed by atoms with Crippen LogP contribution >= 0.6 is 22.7 Å². The molecule has 0 bridgehead atoms. The molecule has 0 saturated carbocycles. The maximum Gasteiger partial charge on any atom is 0.256 e. The summed E-state index contributed by atoms with van der Waals surface area (Å²) < 4.78 is 0. The molecule has 0 saturated heterocycles. The van der Waals surface area contributed by atoms with Crippen molar-refractivity contribution in [3.8, 4) is 0 Å². The number of anilines is 2. The maximum atomic E-state index is 12.8. The molecule has 0 aliphatic carbocycles.